The van der Waals surface area contributed by atoms with Crippen LogP contribution in [0, 0.1) is 5.92 Å². The molecule has 0 radical (unpaired) electrons. The summed E-state index contributed by atoms with van der Waals surface area (Å²) >= 11 is 0. The van der Waals surface area contributed by atoms with Crippen molar-refractivity contribution in [1.29, 1.82) is 0 Å². The molecule has 3 heteroatoms. The minimum absolute atomic E-state index is 0.294. The normalized spacial score (nSPS) is 22.1. The van der Waals surface area contributed by atoms with Crippen molar-refractivity contribution in [2.45, 2.75) is 44.9 Å². The Balaban J connectivity index is 2.11. The number of benzene rings is 1. The van der Waals surface area contributed by atoms with E-state index in [1.54, 1.807) is 7.11 Å². The minimum Gasteiger partial charge on any atom is -0.496 e. The third kappa shape index (κ3) is 3.09. The SMILES string of the molecule is COc1ccc(C(C)C)cc1C1CC(CC(=O)O)C1. The quantitative estimate of drug-likeness (QED) is 0.878. The first kappa shape index (κ1) is 13.9. The molecule has 0 aromatic heterocycles. The third-order valence-corrected chi connectivity index (χ3v) is 4.06. The number of carbonyl (C=O) groups is 1. The predicted molar refractivity (Wildman–Crippen MR) is 74.8 cm³/mol. The molecule has 0 saturated heterocycles. The molecule has 0 unspecified atom stereocenters. The summed E-state index contributed by atoms with van der Waals surface area (Å²) in [5.74, 6) is 1.53. The Morgan fingerprint density at radius 3 is 2.63 bits per heavy atom. The van der Waals surface area contributed by atoms with E-state index in [-0.39, 0.29) is 0 Å². The Morgan fingerprint density at radius 2 is 2.11 bits per heavy atom. The summed E-state index contributed by atoms with van der Waals surface area (Å²) in [6.07, 6.45) is 2.22. The van der Waals surface area contributed by atoms with Crippen LogP contribution in [0.15, 0.2) is 18.2 Å². The van der Waals surface area contributed by atoms with E-state index in [0.29, 0.717) is 24.2 Å². The second kappa shape index (κ2) is 5.64. The first-order chi connectivity index (χ1) is 9.01. The van der Waals surface area contributed by atoms with Crippen molar-refractivity contribution in [2.24, 2.45) is 5.92 Å². The van der Waals surface area contributed by atoms with Crippen molar-refractivity contribution < 1.29 is 14.6 Å². The average Bonchev–Trinajstić information content (AvgIpc) is 2.32. The molecule has 0 aliphatic heterocycles. The zero-order valence-electron chi connectivity index (χ0n) is 11.8. The highest BCUT2D eigenvalue weighted by Crippen LogP contribution is 2.46. The van der Waals surface area contributed by atoms with Crippen LogP contribution in [0.5, 0.6) is 5.75 Å². The van der Waals surface area contributed by atoms with E-state index in [2.05, 4.69) is 26.0 Å². The van der Waals surface area contributed by atoms with Gasteiger partial charge < -0.3 is 9.84 Å². The van der Waals surface area contributed by atoms with E-state index in [1.165, 1.54) is 11.1 Å². The van der Waals surface area contributed by atoms with Crippen LogP contribution in [0.1, 0.15) is 56.1 Å². The summed E-state index contributed by atoms with van der Waals surface area (Å²) in [7, 11) is 1.70. The van der Waals surface area contributed by atoms with Crippen LogP contribution in [0.4, 0.5) is 0 Å². The van der Waals surface area contributed by atoms with E-state index in [1.807, 2.05) is 6.07 Å². The zero-order chi connectivity index (χ0) is 14.0. The van der Waals surface area contributed by atoms with Gasteiger partial charge in [0, 0.05) is 6.42 Å². The van der Waals surface area contributed by atoms with Gasteiger partial charge in [0.2, 0.25) is 0 Å². The van der Waals surface area contributed by atoms with E-state index in [0.717, 1.165) is 18.6 Å². The second-order valence-corrected chi connectivity index (χ2v) is 5.79. The molecule has 1 aromatic rings. The molecule has 2 rings (SSSR count). The molecule has 0 bridgehead atoms. The number of methoxy groups -OCH3 is 1. The van der Waals surface area contributed by atoms with Crippen molar-refractivity contribution in [1.82, 2.24) is 0 Å². The zero-order valence-corrected chi connectivity index (χ0v) is 11.8. The van der Waals surface area contributed by atoms with Gasteiger partial charge in [-0.1, -0.05) is 26.0 Å². The fourth-order valence-electron chi connectivity index (χ4n) is 2.83. The Bertz CT molecular complexity index is 459. The average molecular weight is 262 g/mol. The summed E-state index contributed by atoms with van der Waals surface area (Å²) in [5.41, 5.74) is 2.56. The van der Waals surface area contributed by atoms with Gasteiger partial charge in [0.25, 0.3) is 0 Å². The molecule has 1 aromatic carbocycles. The minimum atomic E-state index is -0.689. The molecule has 1 aliphatic rings. The van der Waals surface area contributed by atoms with Gasteiger partial charge in [-0.25, -0.2) is 0 Å². The molecule has 19 heavy (non-hydrogen) atoms. The Hall–Kier alpha value is -1.51. The highest BCUT2D eigenvalue weighted by atomic mass is 16.5. The van der Waals surface area contributed by atoms with Crippen LogP contribution >= 0.6 is 0 Å². The van der Waals surface area contributed by atoms with Gasteiger partial charge in [0.15, 0.2) is 0 Å². The van der Waals surface area contributed by atoms with Crippen molar-refractivity contribution >= 4 is 5.97 Å². The van der Waals surface area contributed by atoms with E-state index in [4.69, 9.17) is 9.84 Å². The summed E-state index contributed by atoms with van der Waals surface area (Å²) in [6.45, 7) is 4.36. The largest absolute Gasteiger partial charge is 0.496 e. The van der Waals surface area contributed by atoms with Crippen molar-refractivity contribution in [3.05, 3.63) is 29.3 Å². The number of carboxylic acid groups (broad SMARTS) is 1. The van der Waals surface area contributed by atoms with Gasteiger partial charge in [-0.05, 0) is 47.8 Å². The van der Waals surface area contributed by atoms with Gasteiger partial charge in [-0.3, -0.25) is 4.79 Å². The number of hydrogen-bond acceptors (Lipinski definition) is 2. The van der Waals surface area contributed by atoms with Crippen molar-refractivity contribution in [3.63, 3.8) is 0 Å². The van der Waals surface area contributed by atoms with Crippen LogP contribution in [0.25, 0.3) is 0 Å². The van der Waals surface area contributed by atoms with Crippen LogP contribution in [0.3, 0.4) is 0 Å². The van der Waals surface area contributed by atoms with Gasteiger partial charge >= 0.3 is 5.97 Å². The molecular formula is C16H22O3. The van der Waals surface area contributed by atoms with Crippen LogP contribution in [-0.4, -0.2) is 18.2 Å². The van der Waals surface area contributed by atoms with E-state index >= 15 is 0 Å². The lowest BCUT2D eigenvalue weighted by Crippen LogP contribution is -2.24. The van der Waals surface area contributed by atoms with Gasteiger partial charge in [-0.2, -0.15) is 0 Å². The highest BCUT2D eigenvalue weighted by molar-refractivity contribution is 5.67. The maximum absolute atomic E-state index is 10.7. The first-order valence-corrected chi connectivity index (χ1v) is 6.90. The lowest BCUT2D eigenvalue weighted by molar-refractivity contribution is -0.138. The molecule has 0 atom stereocenters. The smallest absolute Gasteiger partial charge is 0.303 e. The summed E-state index contributed by atoms with van der Waals surface area (Å²) < 4.78 is 5.44. The number of hydrogen-bond donors (Lipinski definition) is 1. The summed E-state index contributed by atoms with van der Waals surface area (Å²) in [6, 6.07) is 6.38. The number of aliphatic carboxylic acids is 1. The summed E-state index contributed by atoms with van der Waals surface area (Å²) in [4.78, 5) is 10.7. The molecule has 0 amide bonds. The molecule has 1 saturated carbocycles. The lowest BCUT2D eigenvalue weighted by Gasteiger charge is -2.35. The van der Waals surface area contributed by atoms with Gasteiger partial charge in [0.1, 0.15) is 5.75 Å². The number of rotatable bonds is 5. The molecule has 1 N–H and O–H groups in total. The van der Waals surface area contributed by atoms with Crippen molar-refractivity contribution in [3.8, 4) is 5.75 Å². The van der Waals surface area contributed by atoms with Crippen molar-refractivity contribution in [2.75, 3.05) is 7.11 Å². The predicted octanol–water partition coefficient (Wildman–Crippen LogP) is 3.79. The van der Waals surface area contributed by atoms with Gasteiger partial charge in [-0.15, -0.1) is 0 Å². The maximum Gasteiger partial charge on any atom is 0.303 e. The fourth-order valence-corrected chi connectivity index (χ4v) is 2.83. The Kier molecular flexibility index (Phi) is 4.13. The molecule has 1 fully saturated rings. The lowest BCUT2D eigenvalue weighted by atomic mass is 9.69. The number of carboxylic acids is 1. The highest BCUT2D eigenvalue weighted by Gasteiger charge is 2.33. The molecular weight excluding hydrogens is 240 g/mol. The van der Waals surface area contributed by atoms with Crippen LogP contribution < -0.4 is 4.74 Å². The standard InChI is InChI=1S/C16H22O3/c1-10(2)12-4-5-15(19-3)14(9-12)13-6-11(7-13)8-16(17)18/h4-5,9-11,13H,6-8H2,1-3H3,(H,17,18). The maximum atomic E-state index is 10.7. The third-order valence-electron chi connectivity index (χ3n) is 4.06. The fraction of sp³-hybridized carbons (Fsp3) is 0.562. The molecule has 1 aliphatic carbocycles. The van der Waals surface area contributed by atoms with Crippen LogP contribution in [0.2, 0.25) is 0 Å². The topological polar surface area (TPSA) is 46.5 Å². The molecule has 0 spiro atoms. The van der Waals surface area contributed by atoms with Gasteiger partial charge in [0.05, 0.1) is 7.11 Å². The van der Waals surface area contributed by atoms with E-state index in [9.17, 15) is 4.79 Å². The second-order valence-electron chi connectivity index (χ2n) is 5.79. The number of ether oxygens (including phenoxy) is 1. The molecule has 3 nitrogen and oxygen atoms in total. The monoisotopic (exact) mass is 262 g/mol. The molecule has 104 valence electrons. The Labute approximate surface area is 114 Å². The Morgan fingerprint density at radius 1 is 1.42 bits per heavy atom. The summed E-state index contributed by atoms with van der Waals surface area (Å²) in [5, 5.41) is 8.80. The van der Waals surface area contributed by atoms with Crippen LogP contribution in [-0.2, 0) is 4.79 Å². The van der Waals surface area contributed by atoms with E-state index < -0.39 is 5.97 Å². The molecule has 0 heterocycles. The first-order valence-electron chi connectivity index (χ1n) is 6.90.